The lowest BCUT2D eigenvalue weighted by molar-refractivity contribution is -0.169. The van der Waals surface area contributed by atoms with Crippen molar-refractivity contribution in [1.29, 1.82) is 0 Å². The Kier molecular flexibility index (Phi) is 6.37. The molecule has 1 rings (SSSR count). The predicted octanol–water partition coefficient (Wildman–Crippen LogP) is 3.84. The van der Waals surface area contributed by atoms with Gasteiger partial charge in [0.15, 0.2) is 0 Å². The molecule has 0 aromatic heterocycles. The van der Waals surface area contributed by atoms with Gasteiger partial charge in [-0.15, -0.1) is 0 Å². The maximum Gasteiger partial charge on any atom is 0.312 e. The zero-order chi connectivity index (χ0) is 19.7. The molecule has 5 nitrogen and oxygen atoms in total. The Balaban J connectivity index is 2.90. The fourth-order valence-electron chi connectivity index (χ4n) is 4.27. The van der Waals surface area contributed by atoms with E-state index in [-0.39, 0.29) is 29.1 Å². The molecule has 1 atom stereocenters. The number of nitrogens with one attached hydrogen (secondary N) is 1. The van der Waals surface area contributed by atoms with Crippen LogP contribution in [0.2, 0.25) is 0 Å². The van der Waals surface area contributed by atoms with E-state index in [0.29, 0.717) is 12.8 Å². The Morgan fingerprint density at radius 3 is 1.92 bits per heavy atom. The minimum absolute atomic E-state index is 0.0827. The summed E-state index contributed by atoms with van der Waals surface area (Å²) in [6.45, 7) is 16.0. The molecular weight excluding hydrogens is 318 g/mol. The number of methoxy groups -OCH3 is 1. The number of hydrogen-bond acceptors (Lipinski definition) is 5. The Bertz CT molecular complexity index is 494. The molecule has 1 fully saturated rings. The van der Waals surface area contributed by atoms with Gasteiger partial charge in [-0.3, -0.25) is 9.59 Å². The molecule has 1 heterocycles. The molecule has 0 aromatic carbocycles. The van der Waals surface area contributed by atoms with Crippen LogP contribution in [0.5, 0.6) is 0 Å². The Hall–Kier alpha value is -1.10. The van der Waals surface area contributed by atoms with Crippen LogP contribution in [0.1, 0.15) is 81.1 Å². The summed E-state index contributed by atoms with van der Waals surface area (Å²) in [5.74, 6) is -0.519. The fraction of sp³-hybridized carbons (Fsp3) is 0.900. The minimum atomic E-state index is -0.731. The monoisotopic (exact) mass is 355 g/mol. The van der Waals surface area contributed by atoms with Crippen LogP contribution >= 0.6 is 0 Å². The number of carbonyl (C=O) groups is 2. The maximum absolute atomic E-state index is 13.0. The van der Waals surface area contributed by atoms with Crippen molar-refractivity contribution in [3.05, 3.63) is 0 Å². The molecule has 0 amide bonds. The number of esters is 2. The van der Waals surface area contributed by atoms with Crippen molar-refractivity contribution in [2.24, 2.45) is 10.8 Å². The minimum Gasteiger partial charge on any atom is -0.469 e. The Morgan fingerprint density at radius 1 is 1.04 bits per heavy atom. The molecular formula is C20H37NO4. The summed E-state index contributed by atoms with van der Waals surface area (Å²) in [7, 11) is 1.38. The highest BCUT2D eigenvalue weighted by Crippen LogP contribution is 2.40. The second-order valence-electron chi connectivity index (χ2n) is 9.79. The van der Waals surface area contributed by atoms with Crippen LogP contribution < -0.4 is 5.32 Å². The van der Waals surface area contributed by atoms with E-state index in [4.69, 9.17) is 9.47 Å². The van der Waals surface area contributed by atoms with E-state index < -0.39 is 10.8 Å². The average molecular weight is 356 g/mol. The van der Waals surface area contributed by atoms with E-state index in [1.54, 1.807) is 0 Å². The topological polar surface area (TPSA) is 64.6 Å². The first-order valence-electron chi connectivity index (χ1n) is 9.25. The van der Waals surface area contributed by atoms with E-state index in [1.165, 1.54) is 7.11 Å². The van der Waals surface area contributed by atoms with Gasteiger partial charge in [0.1, 0.15) is 6.10 Å². The standard InChI is InChI=1S/C20H37NO4/c1-10-20(8,13-17(2,3)15(22)24-9)16(23)25-14-11-18(4,5)21-19(6,7)12-14/h14,21H,10-13H2,1-9H3. The van der Waals surface area contributed by atoms with Crippen molar-refractivity contribution in [3.8, 4) is 0 Å². The van der Waals surface area contributed by atoms with Gasteiger partial charge in [0.2, 0.25) is 0 Å². The summed E-state index contributed by atoms with van der Waals surface area (Å²) in [6, 6.07) is 0. The quantitative estimate of drug-likeness (QED) is 0.733. The van der Waals surface area contributed by atoms with Crippen molar-refractivity contribution in [2.45, 2.75) is 98.3 Å². The summed E-state index contributed by atoms with van der Waals surface area (Å²) in [6.07, 6.45) is 2.46. The van der Waals surface area contributed by atoms with E-state index in [2.05, 4.69) is 33.0 Å². The summed E-state index contributed by atoms with van der Waals surface area (Å²) in [4.78, 5) is 25.0. The molecule has 1 unspecified atom stereocenters. The van der Waals surface area contributed by atoms with Crippen molar-refractivity contribution in [2.75, 3.05) is 7.11 Å². The largest absolute Gasteiger partial charge is 0.469 e. The highest BCUT2D eigenvalue weighted by atomic mass is 16.5. The van der Waals surface area contributed by atoms with Gasteiger partial charge in [-0.2, -0.15) is 0 Å². The smallest absolute Gasteiger partial charge is 0.312 e. The molecule has 0 aromatic rings. The first-order chi connectivity index (χ1) is 11.2. The zero-order valence-electron chi connectivity index (χ0n) is 17.5. The predicted molar refractivity (Wildman–Crippen MR) is 99.2 cm³/mol. The number of hydrogen-bond donors (Lipinski definition) is 1. The van der Waals surface area contributed by atoms with Crippen LogP contribution in [0, 0.1) is 10.8 Å². The summed E-state index contributed by atoms with van der Waals surface area (Å²) < 4.78 is 10.8. The summed E-state index contributed by atoms with van der Waals surface area (Å²) >= 11 is 0. The molecule has 25 heavy (non-hydrogen) atoms. The van der Waals surface area contributed by atoms with Crippen molar-refractivity contribution in [1.82, 2.24) is 5.32 Å². The van der Waals surface area contributed by atoms with Crippen LogP contribution in [0.4, 0.5) is 0 Å². The van der Waals surface area contributed by atoms with Gasteiger partial charge in [0, 0.05) is 23.9 Å². The van der Waals surface area contributed by atoms with E-state index in [9.17, 15) is 9.59 Å². The van der Waals surface area contributed by atoms with Gasteiger partial charge in [-0.25, -0.2) is 0 Å². The van der Waals surface area contributed by atoms with Crippen LogP contribution in [-0.4, -0.2) is 36.2 Å². The second-order valence-corrected chi connectivity index (χ2v) is 9.79. The molecule has 0 spiro atoms. The lowest BCUT2D eigenvalue weighted by Crippen LogP contribution is -2.60. The molecule has 0 bridgehead atoms. The first kappa shape index (κ1) is 21.9. The van der Waals surface area contributed by atoms with Crippen molar-refractivity contribution in [3.63, 3.8) is 0 Å². The molecule has 1 N–H and O–H groups in total. The van der Waals surface area contributed by atoms with E-state index in [0.717, 1.165) is 12.8 Å². The number of ether oxygens (including phenoxy) is 2. The van der Waals surface area contributed by atoms with Gasteiger partial charge in [0.25, 0.3) is 0 Å². The SMILES string of the molecule is CCC(C)(CC(C)(C)C(=O)OC)C(=O)OC1CC(C)(C)NC(C)(C)C1. The van der Waals surface area contributed by atoms with Gasteiger partial charge in [-0.1, -0.05) is 6.92 Å². The third-order valence-electron chi connectivity index (χ3n) is 5.27. The molecule has 0 radical (unpaired) electrons. The van der Waals surface area contributed by atoms with Crippen LogP contribution in [-0.2, 0) is 19.1 Å². The van der Waals surface area contributed by atoms with E-state index >= 15 is 0 Å². The van der Waals surface area contributed by atoms with Crippen molar-refractivity contribution < 1.29 is 19.1 Å². The molecule has 146 valence electrons. The molecule has 1 aliphatic heterocycles. The molecule has 1 saturated heterocycles. The van der Waals surface area contributed by atoms with Crippen LogP contribution in [0.15, 0.2) is 0 Å². The molecule has 0 saturated carbocycles. The van der Waals surface area contributed by atoms with Crippen LogP contribution in [0.3, 0.4) is 0 Å². The first-order valence-corrected chi connectivity index (χ1v) is 9.25. The summed E-state index contributed by atoms with van der Waals surface area (Å²) in [5.41, 5.74) is -1.61. The maximum atomic E-state index is 13.0. The lowest BCUT2D eigenvalue weighted by atomic mass is 9.72. The molecule has 0 aliphatic carbocycles. The highest BCUT2D eigenvalue weighted by Gasteiger charge is 2.45. The summed E-state index contributed by atoms with van der Waals surface area (Å²) in [5, 5.41) is 3.60. The number of rotatable bonds is 6. The van der Waals surface area contributed by atoms with Gasteiger partial charge in [-0.05, 0) is 61.3 Å². The zero-order valence-corrected chi connectivity index (χ0v) is 17.5. The van der Waals surface area contributed by atoms with Gasteiger partial charge in [0.05, 0.1) is 17.9 Å². The van der Waals surface area contributed by atoms with Gasteiger partial charge >= 0.3 is 11.9 Å². The Labute approximate surface area is 153 Å². The second kappa shape index (κ2) is 7.26. The van der Waals surface area contributed by atoms with E-state index in [1.807, 2.05) is 27.7 Å². The average Bonchev–Trinajstić information content (AvgIpc) is 2.42. The highest BCUT2D eigenvalue weighted by molar-refractivity contribution is 5.80. The number of carbonyl (C=O) groups excluding carboxylic acids is 2. The molecule has 5 heteroatoms. The van der Waals surface area contributed by atoms with Crippen LogP contribution in [0.25, 0.3) is 0 Å². The molecule has 1 aliphatic rings. The van der Waals surface area contributed by atoms with Gasteiger partial charge < -0.3 is 14.8 Å². The fourth-order valence-corrected chi connectivity index (χ4v) is 4.27. The van der Waals surface area contributed by atoms with Crippen molar-refractivity contribution >= 4 is 11.9 Å². The third-order valence-corrected chi connectivity index (χ3v) is 5.27. The third kappa shape index (κ3) is 5.70. The normalized spacial score (nSPS) is 22.8. The Morgan fingerprint density at radius 2 is 1.52 bits per heavy atom. The number of piperidine rings is 1. The lowest BCUT2D eigenvalue weighted by Gasteiger charge is -2.46.